The number of nitrogens with zero attached hydrogens (tertiary/aromatic N) is 1. The van der Waals surface area contributed by atoms with Crippen molar-refractivity contribution in [3.63, 3.8) is 0 Å². The van der Waals surface area contributed by atoms with E-state index in [1.807, 2.05) is 0 Å². The lowest BCUT2D eigenvalue weighted by Gasteiger charge is -2.18. The average molecular weight is 223 g/mol. The summed E-state index contributed by atoms with van der Waals surface area (Å²) >= 11 is 0. The Morgan fingerprint density at radius 3 is 2.38 bits per heavy atom. The van der Waals surface area contributed by atoms with E-state index in [-0.39, 0.29) is 0 Å². The molecule has 0 amide bonds. The molecule has 86 valence electrons. The van der Waals surface area contributed by atoms with E-state index in [4.69, 9.17) is 5.11 Å². The van der Waals surface area contributed by atoms with Gasteiger partial charge in [0.1, 0.15) is 5.41 Å². The van der Waals surface area contributed by atoms with E-state index in [1.165, 1.54) is 25.4 Å². The first kappa shape index (κ1) is 12.2. The molecule has 1 rings (SSSR count). The van der Waals surface area contributed by atoms with Crippen molar-refractivity contribution in [2.45, 2.75) is 19.3 Å². The molecule has 0 unspecified atom stereocenters. The van der Waals surface area contributed by atoms with E-state index in [2.05, 4.69) is 9.72 Å². The zero-order chi connectivity index (χ0) is 12.3. The predicted octanol–water partition coefficient (Wildman–Crippen LogP) is 1.23. The summed E-state index contributed by atoms with van der Waals surface area (Å²) < 4.78 is 4.51. The van der Waals surface area contributed by atoms with Crippen LogP contribution in [0.2, 0.25) is 0 Å². The molecule has 0 aliphatic carbocycles. The molecule has 0 aliphatic rings. The van der Waals surface area contributed by atoms with Crippen LogP contribution in [0.15, 0.2) is 18.3 Å². The molecule has 0 fully saturated rings. The largest absolute Gasteiger partial charge is 0.481 e. The minimum Gasteiger partial charge on any atom is -0.481 e. The van der Waals surface area contributed by atoms with Crippen molar-refractivity contribution in [3.8, 4) is 0 Å². The van der Waals surface area contributed by atoms with Crippen LogP contribution < -0.4 is 0 Å². The van der Waals surface area contributed by atoms with Gasteiger partial charge in [-0.15, -0.1) is 0 Å². The Labute approximate surface area is 93.1 Å². The van der Waals surface area contributed by atoms with E-state index in [9.17, 15) is 9.59 Å². The Balaban J connectivity index is 3.04. The van der Waals surface area contributed by atoms with Crippen molar-refractivity contribution in [3.05, 3.63) is 29.6 Å². The normalized spacial score (nSPS) is 10.9. The Hall–Kier alpha value is -1.91. The molecule has 0 saturated carbocycles. The second-order valence-corrected chi connectivity index (χ2v) is 3.85. The molecule has 0 aliphatic heterocycles. The summed E-state index contributed by atoms with van der Waals surface area (Å²) in [6.45, 7) is 3.10. The van der Waals surface area contributed by atoms with Gasteiger partial charge in [0, 0.05) is 6.20 Å². The molecule has 0 aromatic carbocycles. The zero-order valence-electron chi connectivity index (χ0n) is 9.35. The maximum Gasteiger partial charge on any atom is 0.339 e. The Bertz CT molecular complexity index is 408. The van der Waals surface area contributed by atoms with Crippen LogP contribution in [0.5, 0.6) is 0 Å². The first-order valence-electron chi connectivity index (χ1n) is 4.68. The summed E-state index contributed by atoms with van der Waals surface area (Å²) in [7, 11) is 1.28. The SMILES string of the molecule is COC(=O)c1ccc(C(C)(C)C(=O)O)nc1. The van der Waals surface area contributed by atoms with Gasteiger partial charge in [-0.1, -0.05) is 0 Å². The van der Waals surface area contributed by atoms with E-state index in [1.54, 1.807) is 13.8 Å². The standard InChI is InChI=1S/C11H13NO4/c1-11(2,10(14)15)8-5-4-7(6-12-8)9(13)16-3/h4-6H,1-3H3,(H,14,15). The van der Waals surface area contributed by atoms with Gasteiger partial charge in [0.15, 0.2) is 0 Å². The molecule has 0 bridgehead atoms. The summed E-state index contributed by atoms with van der Waals surface area (Å²) in [5, 5.41) is 8.99. The lowest BCUT2D eigenvalue weighted by atomic mass is 9.89. The number of esters is 1. The topological polar surface area (TPSA) is 76.5 Å². The minimum absolute atomic E-state index is 0.299. The zero-order valence-corrected chi connectivity index (χ0v) is 9.35. The molecular formula is C11H13NO4. The fourth-order valence-corrected chi connectivity index (χ4v) is 1.11. The van der Waals surface area contributed by atoms with Crippen molar-refractivity contribution in [1.82, 2.24) is 4.98 Å². The van der Waals surface area contributed by atoms with Crippen molar-refractivity contribution in [1.29, 1.82) is 0 Å². The molecule has 1 heterocycles. The van der Waals surface area contributed by atoms with Gasteiger partial charge in [0.2, 0.25) is 0 Å². The summed E-state index contributed by atoms with van der Waals surface area (Å²) in [6, 6.07) is 3.01. The smallest absolute Gasteiger partial charge is 0.339 e. The maximum absolute atomic E-state index is 11.1. The third-order valence-electron chi connectivity index (χ3n) is 2.36. The second kappa shape index (κ2) is 4.30. The van der Waals surface area contributed by atoms with Gasteiger partial charge in [0.25, 0.3) is 0 Å². The first-order chi connectivity index (χ1) is 7.39. The molecule has 1 N–H and O–H groups in total. The van der Waals surface area contributed by atoms with Crippen LogP contribution in [0.25, 0.3) is 0 Å². The van der Waals surface area contributed by atoms with Gasteiger partial charge in [-0.25, -0.2) is 4.79 Å². The van der Waals surface area contributed by atoms with E-state index in [0.29, 0.717) is 11.3 Å². The minimum atomic E-state index is -1.07. The third-order valence-corrected chi connectivity index (χ3v) is 2.36. The third kappa shape index (κ3) is 2.18. The highest BCUT2D eigenvalue weighted by Crippen LogP contribution is 2.21. The number of carboxylic acids is 1. The highest BCUT2D eigenvalue weighted by atomic mass is 16.5. The summed E-state index contributed by atoms with van der Waals surface area (Å²) in [5.74, 6) is -1.46. The van der Waals surface area contributed by atoms with E-state index < -0.39 is 17.4 Å². The average Bonchev–Trinajstić information content (AvgIpc) is 2.28. The van der Waals surface area contributed by atoms with Gasteiger partial charge in [-0.2, -0.15) is 0 Å². The number of carbonyl (C=O) groups is 2. The first-order valence-corrected chi connectivity index (χ1v) is 4.68. The number of carbonyl (C=O) groups excluding carboxylic acids is 1. The van der Waals surface area contributed by atoms with Gasteiger partial charge in [-0.05, 0) is 26.0 Å². The molecule has 5 nitrogen and oxygen atoms in total. The molecule has 1 aromatic rings. The number of ether oxygens (including phenoxy) is 1. The maximum atomic E-state index is 11.1. The lowest BCUT2D eigenvalue weighted by Crippen LogP contribution is -2.29. The van der Waals surface area contributed by atoms with Crippen LogP contribution in [0.3, 0.4) is 0 Å². The van der Waals surface area contributed by atoms with Crippen LogP contribution in [-0.2, 0) is 14.9 Å². The number of aromatic nitrogens is 1. The Kier molecular flexibility index (Phi) is 3.27. The fraction of sp³-hybridized carbons (Fsp3) is 0.364. The number of pyridine rings is 1. The molecule has 16 heavy (non-hydrogen) atoms. The lowest BCUT2D eigenvalue weighted by molar-refractivity contribution is -0.142. The van der Waals surface area contributed by atoms with Crippen molar-refractivity contribution < 1.29 is 19.4 Å². The molecule has 0 spiro atoms. The molecule has 0 atom stereocenters. The number of hydrogen-bond acceptors (Lipinski definition) is 4. The molecule has 0 saturated heterocycles. The van der Waals surface area contributed by atoms with Crippen LogP contribution in [0.4, 0.5) is 0 Å². The van der Waals surface area contributed by atoms with Gasteiger partial charge < -0.3 is 9.84 Å². The second-order valence-electron chi connectivity index (χ2n) is 3.85. The number of carboxylic acid groups (broad SMARTS) is 1. The number of hydrogen-bond donors (Lipinski definition) is 1. The Morgan fingerprint density at radius 1 is 1.38 bits per heavy atom. The van der Waals surface area contributed by atoms with Crippen LogP contribution in [0, 0.1) is 0 Å². The summed E-state index contributed by atoms with van der Waals surface area (Å²) in [4.78, 5) is 26.1. The van der Waals surface area contributed by atoms with Crippen LogP contribution in [0.1, 0.15) is 29.9 Å². The predicted molar refractivity (Wildman–Crippen MR) is 56.2 cm³/mol. The van der Waals surface area contributed by atoms with Crippen LogP contribution >= 0.6 is 0 Å². The molecular weight excluding hydrogens is 210 g/mol. The van der Waals surface area contributed by atoms with Crippen molar-refractivity contribution in [2.75, 3.05) is 7.11 Å². The number of rotatable bonds is 3. The van der Waals surface area contributed by atoms with Crippen molar-refractivity contribution >= 4 is 11.9 Å². The van der Waals surface area contributed by atoms with E-state index in [0.717, 1.165) is 0 Å². The number of methoxy groups -OCH3 is 1. The quantitative estimate of drug-likeness (QED) is 0.780. The van der Waals surface area contributed by atoms with Gasteiger partial charge in [-0.3, -0.25) is 9.78 Å². The molecule has 5 heteroatoms. The van der Waals surface area contributed by atoms with Gasteiger partial charge in [0.05, 0.1) is 18.4 Å². The van der Waals surface area contributed by atoms with Crippen molar-refractivity contribution in [2.24, 2.45) is 0 Å². The highest BCUT2D eigenvalue weighted by molar-refractivity contribution is 5.89. The molecule has 1 aromatic heterocycles. The van der Waals surface area contributed by atoms with Crippen LogP contribution in [-0.4, -0.2) is 29.1 Å². The molecule has 0 radical (unpaired) electrons. The monoisotopic (exact) mass is 223 g/mol. The number of aliphatic carboxylic acids is 1. The Morgan fingerprint density at radius 2 is 2.00 bits per heavy atom. The summed E-state index contributed by atoms with van der Waals surface area (Å²) in [5.41, 5.74) is -0.380. The van der Waals surface area contributed by atoms with E-state index >= 15 is 0 Å². The van der Waals surface area contributed by atoms with Gasteiger partial charge >= 0.3 is 11.9 Å². The summed E-state index contributed by atoms with van der Waals surface area (Å²) in [6.07, 6.45) is 1.31. The fourth-order valence-electron chi connectivity index (χ4n) is 1.11. The highest BCUT2D eigenvalue weighted by Gasteiger charge is 2.30.